The van der Waals surface area contributed by atoms with Crippen molar-refractivity contribution >= 4 is 10.8 Å². The van der Waals surface area contributed by atoms with Crippen molar-refractivity contribution in [2.45, 2.75) is 47.5 Å². The molecule has 124 valence electrons. The van der Waals surface area contributed by atoms with E-state index in [-0.39, 0.29) is 0 Å². The standard InChI is InChI=1S/C23H28N/c1-7-18-13-19(8-2)17(5)21(14-18)23-22-11-15(3)9-10-20(22)12-16(4)24(23)6/h9-14H,7-8H2,1-6H3/q+1/i12D. The van der Waals surface area contributed by atoms with Crippen LogP contribution >= 0.6 is 0 Å². The van der Waals surface area contributed by atoms with Crippen LogP contribution in [0.5, 0.6) is 0 Å². The Bertz CT molecular complexity index is 970. The van der Waals surface area contributed by atoms with Gasteiger partial charge >= 0.3 is 0 Å². The smallest absolute Gasteiger partial charge is 0.198 e. The van der Waals surface area contributed by atoms with Gasteiger partial charge in [-0.3, -0.25) is 0 Å². The topological polar surface area (TPSA) is 3.88 Å². The van der Waals surface area contributed by atoms with Crippen molar-refractivity contribution in [3.8, 4) is 11.3 Å². The van der Waals surface area contributed by atoms with Gasteiger partial charge in [-0.2, -0.15) is 4.57 Å². The summed E-state index contributed by atoms with van der Waals surface area (Å²) >= 11 is 0. The molecule has 0 atom stereocenters. The lowest BCUT2D eigenvalue weighted by atomic mass is 9.91. The molecule has 0 spiro atoms. The van der Waals surface area contributed by atoms with Crippen LogP contribution in [0.15, 0.2) is 36.4 Å². The number of pyridine rings is 1. The molecule has 1 nitrogen and oxygen atoms in total. The predicted octanol–water partition coefficient (Wildman–Crippen LogP) is 5.38. The number of hydrogen-bond donors (Lipinski definition) is 0. The molecule has 1 aromatic heterocycles. The summed E-state index contributed by atoms with van der Waals surface area (Å²) in [4.78, 5) is 0. The molecule has 0 aliphatic rings. The normalized spacial score (nSPS) is 11.8. The van der Waals surface area contributed by atoms with Crippen LogP contribution < -0.4 is 4.57 Å². The summed E-state index contributed by atoms with van der Waals surface area (Å²) in [5.74, 6) is 0. The number of rotatable bonds is 3. The molecule has 0 fully saturated rings. The second kappa shape index (κ2) is 6.39. The highest BCUT2D eigenvalue weighted by Crippen LogP contribution is 2.32. The van der Waals surface area contributed by atoms with E-state index in [1.54, 1.807) is 0 Å². The fourth-order valence-electron chi connectivity index (χ4n) is 3.57. The van der Waals surface area contributed by atoms with Gasteiger partial charge in [-0.25, -0.2) is 0 Å². The van der Waals surface area contributed by atoms with E-state index in [1.807, 2.05) is 6.92 Å². The first-order chi connectivity index (χ1) is 11.9. The molecule has 0 aliphatic carbocycles. The largest absolute Gasteiger partial charge is 0.220 e. The fraction of sp³-hybridized carbons (Fsp3) is 0.348. The van der Waals surface area contributed by atoms with Crippen LogP contribution in [0.2, 0.25) is 0 Å². The second-order valence-corrected chi connectivity index (χ2v) is 6.80. The average Bonchev–Trinajstić information content (AvgIpc) is 2.61. The van der Waals surface area contributed by atoms with Crippen LogP contribution in [-0.4, -0.2) is 0 Å². The fourth-order valence-corrected chi connectivity index (χ4v) is 3.57. The number of nitrogens with zero attached hydrogens (tertiary/aromatic N) is 1. The Morgan fingerprint density at radius 3 is 2.42 bits per heavy atom. The minimum absolute atomic E-state index is 0.626. The highest BCUT2D eigenvalue weighted by Gasteiger charge is 2.21. The Balaban J connectivity index is 2.50. The molecule has 0 saturated heterocycles. The molecule has 0 N–H and O–H groups in total. The monoisotopic (exact) mass is 319 g/mol. The maximum absolute atomic E-state index is 8.55. The number of benzene rings is 2. The Hall–Kier alpha value is -2.15. The molecule has 1 heteroatoms. The van der Waals surface area contributed by atoms with Gasteiger partial charge in [-0.1, -0.05) is 37.6 Å². The van der Waals surface area contributed by atoms with Gasteiger partial charge < -0.3 is 0 Å². The molecule has 0 saturated carbocycles. The van der Waals surface area contributed by atoms with E-state index in [0.29, 0.717) is 6.04 Å². The summed E-state index contributed by atoms with van der Waals surface area (Å²) in [5.41, 5.74) is 8.93. The molecule has 0 unspecified atom stereocenters. The lowest BCUT2D eigenvalue weighted by Crippen LogP contribution is -2.35. The van der Waals surface area contributed by atoms with E-state index in [2.05, 4.69) is 69.6 Å². The van der Waals surface area contributed by atoms with Crippen molar-refractivity contribution in [1.29, 1.82) is 0 Å². The zero-order valence-electron chi connectivity index (χ0n) is 16.7. The van der Waals surface area contributed by atoms with E-state index in [4.69, 9.17) is 1.37 Å². The molecular weight excluding hydrogens is 290 g/mol. The lowest BCUT2D eigenvalue weighted by molar-refractivity contribution is -0.665. The van der Waals surface area contributed by atoms with Crippen LogP contribution in [0.3, 0.4) is 0 Å². The molecule has 0 aliphatic heterocycles. The van der Waals surface area contributed by atoms with Gasteiger partial charge in [0.05, 0.1) is 12.3 Å². The number of fused-ring (bicyclic) bond motifs is 1. The Labute approximate surface area is 147 Å². The van der Waals surface area contributed by atoms with Crippen LogP contribution in [0.25, 0.3) is 22.0 Å². The van der Waals surface area contributed by atoms with E-state index in [9.17, 15) is 0 Å². The molecule has 3 rings (SSSR count). The Morgan fingerprint density at radius 2 is 1.75 bits per heavy atom. The third kappa shape index (κ3) is 2.73. The van der Waals surface area contributed by atoms with Gasteiger partial charge in [0.15, 0.2) is 5.69 Å². The van der Waals surface area contributed by atoms with Crippen molar-refractivity contribution in [1.82, 2.24) is 0 Å². The third-order valence-corrected chi connectivity index (χ3v) is 5.20. The molecule has 0 amide bonds. The Morgan fingerprint density at radius 1 is 1.00 bits per heavy atom. The summed E-state index contributed by atoms with van der Waals surface area (Å²) in [7, 11) is 2.09. The van der Waals surface area contributed by atoms with Gasteiger partial charge in [-0.05, 0) is 60.9 Å². The zero-order valence-corrected chi connectivity index (χ0v) is 15.7. The highest BCUT2D eigenvalue weighted by molar-refractivity contribution is 5.94. The first-order valence-corrected chi connectivity index (χ1v) is 8.91. The predicted molar refractivity (Wildman–Crippen MR) is 104 cm³/mol. The first kappa shape index (κ1) is 15.4. The van der Waals surface area contributed by atoms with E-state index >= 15 is 0 Å². The first-order valence-electron chi connectivity index (χ1n) is 9.41. The van der Waals surface area contributed by atoms with E-state index in [1.165, 1.54) is 38.9 Å². The van der Waals surface area contributed by atoms with Crippen LogP contribution in [0.1, 0.15) is 43.2 Å². The SMILES string of the molecule is [2H]c1c(C)[n+](C)c(-c2cc(CC)cc(CC)c2C)c2cc(C)ccc12. The van der Waals surface area contributed by atoms with Crippen molar-refractivity contribution in [3.63, 3.8) is 0 Å². The number of aromatic nitrogens is 1. The lowest BCUT2D eigenvalue weighted by Gasteiger charge is -2.14. The van der Waals surface area contributed by atoms with Gasteiger partial charge in [-0.15, -0.1) is 0 Å². The number of hydrogen-bond acceptors (Lipinski definition) is 0. The van der Waals surface area contributed by atoms with Gasteiger partial charge in [0, 0.05) is 13.0 Å². The average molecular weight is 319 g/mol. The summed E-state index contributed by atoms with van der Waals surface area (Å²) in [6, 6.07) is 11.7. The van der Waals surface area contributed by atoms with Gasteiger partial charge in [0.25, 0.3) is 0 Å². The van der Waals surface area contributed by atoms with Crippen molar-refractivity contribution in [2.75, 3.05) is 0 Å². The minimum Gasteiger partial charge on any atom is -0.198 e. The van der Waals surface area contributed by atoms with Crippen molar-refractivity contribution < 1.29 is 5.94 Å². The third-order valence-electron chi connectivity index (χ3n) is 5.20. The van der Waals surface area contributed by atoms with Crippen molar-refractivity contribution in [3.05, 3.63) is 64.3 Å². The minimum atomic E-state index is 0.626. The second-order valence-electron chi connectivity index (χ2n) is 6.80. The van der Waals surface area contributed by atoms with Crippen LogP contribution in [-0.2, 0) is 19.9 Å². The van der Waals surface area contributed by atoms with Gasteiger partial charge in [0.2, 0.25) is 5.69 Å². The van der Waals surface area contributed by atoms with Gasteiger partial charge in [0.1, 0.15) is 7.05 Å². The highest BCUT2D eigenvalue weighted by atomic mass is 14.9. The van der Waals surface area contributed by atoms with Crippen molar-refractivity contribution in [2.24, 2.45) is 7.05 Å². The maximum Gasteiger partial charge on any atom is 0.220 e. The summed E-state index contributed by atoms with van der Waals surface area (Å²) < 4.78 is 10.7. The van der Waals surface area contributed by atoms with E-state index < -0.39 is 0 Å². The van der Waals surface area contributed by atoms with E-state index in [0.717, 1.165) is 23.9 Å². The molecule has 3 aromatic rings. The molecule has 0 radical (unpaired) electrons. The molecule has 24 heavy (non-hydrogen) atoms. The molecular formula is C23H28N+. The maximum atomic E-state index is 8.55. The molecule has 2 aromatic carbocycles. The summed E-state index contributed by atoms with van der Waals surface area (Å²) in [6.45, 7) is 10.9. The quantitative estimate of drug-likeness (QED) is 0.571. The molecule has 0 bridgehead atoms. The number of aryl methyl sites for hydroxylation is 3. The van der Waals surface area contributed by atoms with Crippen LogP contribution in [0, 0.1) is 20.8 Å². The molecule has 1 heterocycles. The van der Waals surface area contributed by atoms with Crippen LogP contribution in [0.4, 0.5) is 0 Å². The Kier molecular flexibility index (Phi) is 4.10. The zero-order chi connectivity index (χ0) is 18.3. The summed E-state index contributed by atoms with van der Waals surface area (Å²) in [5, 5.41) is 2.21. The summed E-state index contributed by atoms with van der Waals surface area (Å²) in [6.07, 6.45) is 2.08.